The van der Waals surface area contributed by atoms with Crippen molar-refractivity contribution in [2.24, 2.45) is 5.92 Å². The van der Waals surface area contributed by atoms with Crippen LogP contribution in [0.4, 0.5) is 0 Å². The van der Waals surface area contributed by atoms with Gasteiger partial charge in [-0.1, -0.05) is 6.92 Å². The van der Waals surface area contributed by atoms with E-state index in [-0.39, 0.29) is 18.0 Å². The molecule has 0 spiro atoms. The van der Waals surface area contributed by atoms with E-state index >= 15 is 0 Å². The molecule has 0 bridgehead atoms. The summed E-state index contributed by atoms with van der Waals surface area (Å²) < 4.78 is 4.47. The number of amides is 1. The lowest BCUT2D eigenvalue weighted by Crippen LogP contribution is -2.42. The third-order valence-electron chi connectivity index (χ3n) is 5.27. The third-order valence-corrected chi connectivity index (χ3v) is 6.34. The topological polar surface area (TPSA) is 60.1 Å². The standard InChI is InChI=1S/C19H24N4O2S/c1-4-22-15-8-13(3)26-18(15)14-9-20-23(19(25)17(14)22)11-16(24)21-7-5-6-12(2)10-21/h8-9,12H,4-7,10-11H2,1-3H3/t12-/m0/s1. The maximum atomic E-state index is 13.1. The fraction of sp³-hybridized carbons (Fsp3) is 0.526. The molecule has 1 fully saturated rings. The maximum absolute atomic E-state index is 13.1. The fourth-order valence-corrected chi connectivity index (χ4v) is 5.03. The first-order valence-electron chi connectivity index (χ1n) is 9.25. The molecule has 1 aliphatic rings. The zero-order valence-corrected chi connectivity index (χ0v) is 16.3. The first-order chi connectivity index (χ1) is 12.5. The second kappa shape index (κ2) is 6.54. The minimum absolute atomic E-state index is 0.0160. The lowest BCUT2D eigenvalue weighted by Gasteiger charge is -2.30. The smallest absolute Gasteiger partial charge is 0.291 e. The van der Waals surface area contributed by atoms with Crippen molar-refractivity contribution in [1.82, 2.24) is 19.2 Å². The molecule has 1 amide bonds. The number of thiophene rings is 1. The number of hydrogen-bond acceptors (Lipinski definition) is 4. The fourth-order valence-electron chi connectivity index (χ4n) is 4.01. The predicted octanol–water partition coefficient (Wildman–Crippen LogP) is 3.00. The van der Waals surface area contributed by atoms with Crippen LogP contribution in [0.2, 0.25) is 0 Å². The average molecular weight is 372 g/mol. The number of likely N-dealkylation sites (tertiary alicyclic amines) is 1. The third kappa shape index (κ3) is 2.74. The Morgan fingerprint density at radius 1 is 1.42 bits per heavy atom. The van der Waals surface area contributed by atoms with Gasteiger partial charge in [-0.25, -0.2) is 4.68 Å². The van der Waals surface area contributed by atoms with Gasteiger partial charge in [0.25, 0.3) is 5.56 Å². The Kier molecular flexibility index (Phi) is 4.34. The minimum atomic E-state index is -0.177. The molecule has 7 heteroatoms. The van der Waals surface area contributed by atoms with Gasteiger partial charge in [0.2, 0.25) is 5.91 Å². The zero-order valence-electron chi connectivity index (χ0n) is 15.5. The molecule has 4 heterocycles. The summed E-state index contributed by atoms with van der Waals surface area (Å²) in [5.41, 5.74) is 1.56. The van der Waals surface area contributed by atoms with Gasteiger partial charge in [-0.2, -0.15) is 5.10 Å². The molecule has 0 N–H and O–H groups in total. The summed E-state index contributed by atoms with van der Waals surface area (Å²) in [6.07, 6.45) is 3.93. The highest BCUT2D eigenvalue weighted by Crippen LogP contribution is 2.33. The first-order valence-corrected chi connectivity index (χ1v) is 10.1. The summed E-state index contributed by atoms with van der Waals surface area (Å²) in [5, 5.41) is 5.21. The highest BCUT2D eigenvalue weighted by molar-refractivity contribution is 7.20. The van der Waals surface area contributed by atoms with E-state index in [2.05, 4.69) is 25.0 Å². The van der Waals surface area contributed by atoms with Crippen LogP contribution in [0.3, 0.4) is 0 Å². The molecule has 26 heavy (non-hydrogen) atoms. The van der Waals surface area contributed by atoms with Crippen LogP contribution >= 0.6 is 11.3 Å². The molecule has 3 aromatic rings. The molecule has 0 aliphatic carbocycles. The highest BCUT2D eigenvalue weighted by Gasteiger charge is 2.23. The number of nitrogens with zero attached hydrogens (tertiary/aromatic N) is 4. The molecule has 1 aliphatic heterocycles. The van der Waals surface area contributed by atoms with E-state index in [9.17, 15) is 9.59 Å². The summed E-state index contributed by atoms with van der Waals surface area (Å²) in [6, 6.07) is 2.12. The van der Waals surface area contributed by atoms with Crippen LogP contribution in [0.5, 0.6) is 0 Å². The molecule has 1 saturated heterocycles. The molecular formula is C19H24N4O2S. The number of aromatic nitrogens is 3. The number of aryl methyl sites for hydroxylation is 2. The van der Waals surface area contributed by atoms with Gasteiger partial charge >= 0.3 is 0 Å². The van der Waals surface area contributed by atoms with Crippen LogP contribution in [0.25, 0.3) is 21.1 Å². The van der Waals surface area contributed by atoms with Crippen molar-refractivity contribution < 1.29 is 4.79 Å². The maximum Gasteiger partial charge on any atom is 0.291 e. The van der Waals surface area contributed by atoms with E-state index in [4.69, 9.17) is 0 Å². The van der Waals surface area contributed by atoms with Crippen LogP contribution in [-0.4, -0.2) is 38.2 Å². The van der Waals surface area contributed by atoms with Crippen molar-refractivity contribution in [1.29, 1.82) is 0 Å². The second-order valence-electron chi connectivity index (χ2n) is 7.27. The average Bonchev–Trinajstić information content (AvgIpc) is 3.12. The number of hydrogen-bond donors (Lipinski definition) is 0. The Morgan fingerprint density at radius 2 is 2.23 bits per heavy atom. The molecule has 6 nitrogen and oxygen atoms in total. The monoisotopic (exact) mass is 372 g/mol. The van der Waals surface area contributed by atoms with Gasteiger partial charge in [0.1, 0.15) is 12.1 Å². The Balaban J connectivity index is 1.74. The van der Waals surface area contributed by atoms with Crippen LogP contribution in [0.1, 0.15) is 31.6 Å². The van der Waals surface area contributed by atoms with Crippen molar-refractivity contribution >= 4 is 38.4 Å². The second-order valence-corrected chi connectivity index (χ2v) is 8.53. The van der Waals surface area contributed by atoms with Gasteiger partial charge in [0.15, 0.2) is 0 Å². The Bertz CT molecular complexity index is 1050. The van der Waals surface area contributed by atoms with E-state index in [1.807, 2.05) is 16.4 Å². The SMILES string of the molecule is CCn1c2cc(C)sc2c2cnn(CC(=O)N3CCC[C@H](C)C3)c(=O)c21. The van der Waals surface area contributed by atoms with E-state index in [1.54, 1.807) is 17.5 Å². The predicted molar refractivity (Wildman–Crippen MR) is 105 cm³/mol. The zero-order chi connectivity index (χ0) is 18.4. The molecular weight excluding hydrogens is 348 g/mol. The largest absolute Gasteiger partial charge is 0.341 e. The Hall–Kier alpha value is -2.15. The minimum Gasteiger partial charge on any atom is -0.341 e. The van der Waals surface area contributed by atoms with Crippen molar-refractivity contribution in [2.75, 3.05) is 13.1 Å². The first kappa shape index (κ1) is 17.3. The number of piperidine rings is 1. The molecule has 1 atom stereocenters. The molecule has 3 aromatic heterocycles. The molecule has 0 saturated carbocycles. The van der Waals surface area contributed by atoms with Crippen LogP contribution < -0.4 is 5.56 Å². The lowest BCUT2D eigenvalue weighted by molar-refractivity contribution is -0.133. The van der Waals surface area contributed by atoms with Crippen molar-refractivity contribution in [3.05, 3.63) is 27.5 Å². The van der Waals surface area contributed by atoms with Gasteiger partial charge in [-0.3, -0.25) is 9.59 Å². The van der Waals surface area contributed by atoms with E-state index in [1.165, 1.54) is 9.56 Å². The molecule has 4 rings (SSSR count). The summed E-state index contributed by atoms with van der Waals surface area (Å²) in [6.45, 7) is 8.56. The normalized spacial score (nSPS) is 18.1. The summed E-state index contributed by atoms with van der Waals surface area (Å²) in [5.74, 6) is 0.505. The van der Waals surface area contributed by atoms with Gasteiger partial charge in [-0.05, 0) is 38.7 Å². The lowest BCUT2D eigenvalue weighted by atomic mass is 10.0. The van der Waals surface area contributed by atoms with E-state index in [0.717, 1.165) is 41.5 Å². The summed E-state index contributed by atoms with van der Waals surface area (Å²) in [7, 11) is 0. The van der Waals surface area contributed by atoms with E-state index in [0.29, 0.717) is 18.0 Å². The van der Waals surface area contributed by atoms with Gasteiger partial charge in [-0.15, -0.1) is 11.3 Å². The summed E-state index contributed by atoms with van der Waals surface area (Å²) >= 11 is 1.69. The number of carbonyl (C=O) groups is 1. The Labute approximate surface area is 156 Å². The molecule has 0 radical (unpaired) electrons. The van der Waals surface area contributed by atoms with Crippen LogP contribution in [-0.2, 0) is 17.9 Å². The summed E-state index contributed by atoms with van der Waals surface area (Å²) in [4.78, 5) is 28.8. The Morgan fingerprint density at radius 3 is 2.96 bits per heavy atom. The molecule has 0 aromatic carbocycles. The van der Waals surface area contributed by atoms with Crippen LogP contribution in [0, 0.1) is 12.8 Å². The van der Waals surface area contributed by atoms with Gasteiger partial charge in [0.05, 0.1) is 16.4 Å². The van der Waals surface area contributed by atoms with Gasteiger partial charge < -0.3 is 9.47 Å². The van der Waals surface area contributed by atoms with Crippen molar-refractivity contribution in [3.8, 4) is 0 Å². The van der Waals surface area contributed by atoms with Crippen LogP contribution in [0.15, 0.2) is 17.1 Å². The van der Waals surface area contributed by atoms with Crippen molar-refractivity contribution in [2.45, 2.75) is 46.7 Å². The van der Waals surface area contributed by atoms with Crippen molar-refractivity contribution in [3.63, 3.8) is 0 Å². The van der Waals surface area contributed by atoms with Gasteiger partial charge in [0, 0.05) is 29.9 Å². The number of carbonyl (C=O) groups excluding carboxylic acids is 1. The molecule has 0 unspecified atom stereocenters. The quantitative estimate of drug-likeness (QED) is 0.710. The number of rotatable bonds is 3. The number of fused-ring (bicyclic) bond motifs is 3. The highest BCUT2D eigenvalue weighted by atomic mass is 32.1. The molecule has 138 valence electrons. The van der Waals surface area contributed by atoms with E-state index < -0.39 is 0 Å².